The van der Waals surface area contributed by atoms with Gasteiger partial charge in [-0.05, 0) is 74.2 Å². The monoisotopic (exact) mass is 599 g/mol. The van der Waals surface area contributed by atoms with Crippen LogP contribution in [0.5, 0.6) is 5.75 Å². The normalized spacial score (nSPS) is 12.7. The number of ether oxygens (including phenoxy) is 1. The molecule has 0 saturated carbocycles. The van der Waals surface area contributed by atoms with Crippen LogP contribution in [0.2, 0.25) is 5.02 Å². The second-order valence-corrected chi connectivity index (χ2v) is 12.1. The van der Waals surface area contributed by atoms with Gasteiger partial charge >= 0.3 is 0 Å². The van der Waals surface area contributed by atoms with Gasteiger partial charge < -0.3 is 15.0 Å². The largest absolute Gasteiger partial charge is 0.497 e. The maximum atomic E-state index is 14.2. The van der Waals surface area contributed by atoms with Crippen LogP contribution in [-0.4, -0.2) is 50.9 Å². The predicted molar refractivity (Wildman–Crippen MR) is 163 cm³/mol. The molecule has 3 aromatic rings. The van der Waals surface area contributed by atoms with Crippen molar-refractivity contribution in [1.82, 2.24) is 10.2 Å². The number of amides is 2. The summed E-state index contributed by atoms with van der Waals surface area (Å²) in [5, 5.41) is 3.35. The number of carbonyl (C=O) groups is 2. The molecule has 2 atom stereocenters. The highest BCUT2D eigenvalue weighted by atomic mass is 35.5. The zero-order valence-corrected chi connectivity index (χ0v) is 25.7. The first-order valence-corrected chi connectivity index (χ1v) is 15.4. The van der Waals surface area contributed by atoms with Crippen molar-refractivity contribution in [1.29, 1.82) is 0 Å². The van der Waals surface area contributed by atoms with Crippen LogP contribution in [0.3, 0.4) is 0 Å². The average molecular weight is 600 g/mol. The Bertz CT molecular complexity index is 1430. The lowest BCUT2D eigenvalue weighted by atomic mass is 10.1. The lowest BCUT2D eigenvalue weighted by Crippen LogP contribution is -2.53. The van der Waals surface area contributed by atoms with Crippen LogP contribution < -0.4 is 14.4 Å². The van der Waals surface area contributed by atoms with Gasteiger partial charge in [-0.15, -0.1) is 0 Å². The van der Waals surface area contributed by atoms with E-state index in [1.807, 2.05) is 32.9 Å². The quantitative estimate of drug-likeness (QED) is 0.277. The molecular weight excluding hydrogens is 562 g/mol. The Kier molecular flexibility index (Phi) is 11.2. The fourth-order valence-corrected chi connectivity index (χ4v) is 6.05. The van der Waals surface area contributed by atoms with Crippen LogP contribution in [-0.2, 0) is 26.2 Å². The van der Waals surface area contributed by atoms with E-state index in [-0.39, 0.29) is 29.1 Å². The van der Waals surface area contributed by atoms with Gasteiger partial charge in [0.2, 0.25) is 11.8 Å². The number of nitrogens with one attached hydrogen (secondary N) is 1. The first kappa shape index (κ1) is 32.0. The number of sulfonamides is 1. The number of methoxy groups -OCH3 is 1. The predicted octanol–water partition coefficient (Wildman–Crippen LogP) is 5.57. The van der Waals surface area contributed by atoms with Crippen molar-refractivity contribution < 1.29 is 22.7 Å². The minimum absolute atomic E-state index is 0.0374. The molecule has 0 unspecified atom stereocenters. The van der Waals surface area contributed by atoms with E-state index in [0.29, 0.717) is 22.8 Å². The molecule has 0 aliphatic heterocycles. The van der Waals surface area contributed by atoms with Gasteiger partial charge in [-0.1, -0.05) is 61.8 Å². The van der Waals surface area contributed by atoms with E-state index >= 15 is 0 Å². The summed E-state index contributed by atoms with van der Waals surface area (Å²) in [6, 6.07) is 19.2. The van der Waals surface area contributed by atoms with E-state index < -0.39 is 28.5 Å². The van der Waals surface area contributed by atoms with E-state index in [1.54, 1.807) is 62.6 Å². The molecule has 0 bridgehead atoms. The number of rotatable bonds is 13. The molecule has 220 valence electrons. The van der Waals surface area contributed by atoms with Crippen molar-refractivity contribution >= 4 is 39.1 Å². The number of halogens is 1. The summed E-state index contributed by atoms with van der Waals surface area (Å²) in [6.45, 7) is 6.97. The van der Waals surface area contributed by atoms with E-state index in [2.05, 4.69) is 5.32 Å². The fourth-order valence-electron chi connectivity index (χ4n) is 4.39. The minimum Gasteiger partial charge on any atom is -0.497 e. The minimum atomic E-state index is -4.17. The number of carbonyl (C=O) groups excluding carboxylic acids is 2. The van der Waals surface area contributed by atoms with Crippen LogP contribution >= 0.6 is 11.6 Å². The Hall–Kier alpha value is -3.56. The standard InChI is InChI=1S/C31H38ClN3O5S/c1-6-22(3)33-31(37)28(7-2)34(20-24-16-18-25(40-5)19-17-24)30(36)21-35(29-15-11-14-27(32)23(29)4)41(38,39)26-12-9-8-10-13-26/h8-19,22,28H,6-7,20-21H2,1-5H3,(H,33,37)/t22-,28-/m0/s1. The lowest BCUT2D eigenvalue weighted by molar-refractivity contribution is -0.140. The summed E-state index contributed by atoms with van der Waals surface area (Å²) < 4.78 is 34.3. The van der Waals surface area contributed by atoms with Gasteiger partial charge in [0.25, 0.3) is 10.0 Å². The Morgan fingerprint density at radius 2 is 1.61 bits per heavy atom. The summed E-state index contributed by atoms with van der Waals surface area (Å²) in [4.78, 5) is 29.0. The molecule has 10 heteroatoms. The Balaban J connectivity index is 2.08. The second-order valence-electron chi connectivity index (χ2n) is 9.82. The first-order valence-electron chi connectivity index (χ1n) is 13.6. The van der Waals surface area contributed by atoms with Gasteiger partial charge in [-0.3, -0.25) is 13.9 Å². The summed E-state index contributed by atoms with van der Waals surface area (Å²) in [6.07, 6.45) is 1.07. The number of nitrogens with zero attached hydrogens (tertiary/aromatic N) is 2. The molecule has 41 heavy (non-hydrogen) atoms. The first-order chi connectivity index (χ1) is 19.5. The maximum absolute atomic E-state index is 14.2. The molecule has 3 rings (SSSR count). The highest BCUT2D eigenvalue weighted by molar-refractivity contribution is 7.92. The highest BCUT2D eigenvalue weighted by Crippen LogP contribution is 2.31. The van der Waals surface area contributed by atoms with Gasteiger partial charge in [0.15, 0.2) is 0 Å². The lowest BCUT2D eigenvalue weighted by Gasteiger charge is -2.34. The van der Waals surface area contributed by atoms with Crippen LogP contribution in [0.4, 0.5) is 5.69 Å². The Labute approximate surface area is 248 Å². The number of benzene rings is 3. The molecule has 0 radical (unpaired) electrons. The van der Waals surface area contributed by atoms with Gasteiger partial charge in [0.05, 0.1) is 17.7 Å². The highest BCUT2D eigenvalue weighted by Gasteiger charge is 2.34. The average Bonchev–Trinajstić information content (AvgIpc) is 2.97. The van der Waals surface area contributed by atoms with Crippen LogP contribution in [0.25, 0.3) is 0 Å². The van der Waals surface area contributed by atoms with Crippen molar-refractivity contribution in [2.24, 2.45) is 0 Å². The number of hydrogen-bond donors (Lipinski definition) is 1. The SMILES string of the molecule is CC[C@H](C)NC(=O)[C@H](CC)N(Cc1ccc(OC)cc1)C(=O)CN(c1cccc(Cl)c1C)S(=O)(=O)c1ccccc1. The topological polar surface area (TPSA) is 96.0 Å². The van der Waals surface area contributed by atoms with Crippen LogP contribution in [0.1, 0.15) is 44.7 Å². The molecule has 8 nitrogen and oxygen atoms in total. The molecule has 3 aromatic carbocycles. The zero-order chi connectivity index (χ0) is 30.2. The Morgan fingerprint density at radius 3 is 2.20 bits per heavy atom. The van der Waals surface area contributed by atoms with E-state index in [1.165, 1.54) is 17.0 Å². The van der Waals surface area contributed by atoms with Gasteiger partial charge in [-0.25, -0.2) is 8.42 Å². The summed E-state index contributed by atoms with van der Waals surface area (Å²) in [7, 11) is -2.60. The maximum Gasteiger partial charge on any atom is 0.264 e. The molecule has 0 aromatic heterocycles. The van der Waals surface area contributed by atoms with Crippen LogP contribution in [0, 0.1) is 6.92 Å². The third-order valence-corrected chi connectivity index (χ3v) is 9.20. The van der Waals surface area contributed by atoms with Gasteiger partial charge in [0.1, 0.15) is 18.3 Å². The zero-order valence-electron chi connectivity index (χ0n) is 24.1. The third kappa shape index (κ3) is 7.80. The molecular formula is C31H38ClN3O5S. The summed E-state index contributed by atoms with van der Waals surface area (Å²) in [5.41, 5.74) is 1.58. The fraction of sp³-hybridized carbons (Fsp3) is 0.355. The molecule has 1 N–H and O–H groups in total. The molecule has 0 fully saturated rings. The Morgan fingerprint density at radius 1 is 0.951 bits per heavy atom. The molecule has 0 saturated heterocycles. The summed E-state index contributed by atoms with van der Waals surface area (Å²) >= 11 is 6.38. The molecule has 0 spiro atoms. The van der Waals surface area contributed by atoms with Crippen molar-refractivity contribution in [3.8, 4) is 5.75 Å². The number of hydrogen-bond acceptors (Lipinski definition) is 5. The van der Waals surface area contributed by atoms with Crippen molar-refractivity contribution in [2.75, 3.05) is 18.0 Å². The van der Waals surface area contributed by atoms with Crippen molar-refractivity contribution in [3.05, 3.63) is 88.9 Å². The van der Waals surface area contributed by atoms with Gasteiger partial charge in [-0.2, -0.15) is 0 Å². The molecule has 0 heterocycles. The molecule has 0 aliphatic rings. The van der Waals surface area contributed by atoms with Crippen LogP contribution in [0.15, 0.2) is 77.7 Å². The molecule has 2 amide bonds. The van der Waals surface area contributed by atoms with E-state index in [4.69, 9.17) is 16.3 Å². The van der Waals surface area contributed by atoms with E-state index in [9.17, 15) is 18.0 Å². The van der Waals surface area contributed by atoms with Gasteiger partial charge in [0, 0.05) is 17.6 Å². The van der Waals surface area contributed by atoms with Crippen molar-refractivity contribution in [3.63, 3.8) is 0 Å². The second kappa shape index (κ2) is 14.4. The van der Waals surface area contributed by atoms with Crippen molar-refractivity contribution in [2.45, 2.75) is 64.1 Å². The van der Waals surface area contributed by atoms with E-state index in [0.717, 1.165) is 16.3 Å². The number of anilines is 1. The summed E-state index contributed by atoms with van der Waals surface area (Å²) in [5.74, 6) is -0.157. The smallest absolute Gasteiger partial charge is 0.264 e. The third-order valence-electron chi connectivity index (χ3n) is 7.02. The molecule has 0 aliphatic carbocycles.